The van der Waals surface area contributed by atoms with Crippen LogP contribution in [-0.4, -0.2) is 33.3 Å². The third kappa shape index (κ3) is 5.75. The topological polar surface area (TPSA) is 129 Å². The molecule has 0 bridgehead atoms. The summed E-state index contributed by atoms with van der Waals surface area (Å²) in [5, 5.41) is 19.3. The van der Waals surface area contributed by atoms with Crippen LogP contribution in [0.1, 0.15) is 11.4 Å². The van der Waals surface area contributed by atoms with Crippen molar-refractivity contribution in [1.82, 2.24) is 9.66 Å². The van der Waals surface area contributed by atoms with E-state index in [0.29, 0.717) is 33.0 Å². The summed E-state index contributed by atoms with van der Waals surface area (Å²) in [4.78, 5) is 40.4. The van der Waals surface area contributed by atoms with Gasteiger partial charge in [0, 0.05) is 26.8 Å². The fraction of sp³-hybridized carbons (Fsp3) is 0.0833. The predicted molar refractivity (Wildman–Crippen MR) is 140 cm³/mol. The molecule has 12 heteroatoms. The molecule has 1 heterocycles. The normalized spacial score (nSPS) is 11.1. The van der Waals surface area contributed by atoms with Gasteiger partial charge in [-0.15, -0.1) is 0 Å². The third-order valence-electron chi connectivity index (χ3n) is 4.96. The Balaban J connectivity index is 1.53. The average Bonchev–Trinajstić information content (AvgIpc) is 2.85. The third-order valence-corrected chi connectivity index (χ3v) is 5.70. The van der Waals surface area contributed by atoms with E-state index in [9.17, 15) is 19.7 Å². The number of hydrogen-bond donors (Lipinski definition) is 1. The summed E-state index contributed by atoms with van der Waals surface area (Å²) in [6.07, 6.45) is 1.31. The van der Waals surface area contributed by atoms with E-state index >= 15 is 0 Å². The van der Waals surface area contributed by atoms with E-state index in [0.717, 1.165) is 9.15 Å². The zero-order valence-corrected chi connectivity index (χ0v) is 21.0. The number of halogens is 2. The standard InChI is InChI=1S/C24H17BrClN5O5/c1-14-28-20-8-3-16(25)11-19(20)24(33)30(14)27-12-15-2-9-22(21(10-15)31(34)35)36-13-23(32)29-18-6-4-17(26)5-7-18/h2-12H,13H2,1H3,(H,29,32). The summed E-state index contributed by atoms with van der Waals surface area (Å²) in [5.74, 6) is -0.233. The van der Waals surface area contributed by atoms with E-state index in [4.69, 9.17) is 16.3 Å². The molecule has 0 aliphatic heterocycles. The first kappa shape index (κ1) is 25.0. The van der Waals surface area contributed by atoms with Gasteiger partial charge in [0.25, 0.3) is 11.5 Å². The summed E-state index contributed by atoms with van der Waals surface area (Å²) >= 11 is 9.15. The second-order valence-electron chi connectivity index (χ2n) is 7.51. The lowest BCUT2D eigenvalue weighted by molar-refractivity contribution is -0.385. The van der Waals surface area contributed by atoms with Gasteiger partial charge in [-0.25, -0.2) is 4.98 Å². The van der Waals surface area contributed by atoms with Crippen molar-refractivity contribution in [2.24, 2.45) is 5.10 Å². The van der Waals surface area contributed by atoms with Crippen LogP contribution in [0, 0.1) is 17.0 Å². The van der Waals surface area contributed by atoms with Crippen molar-refractivity contribution >= 4 is 61.9 Å². The number of amides is 1. The smallest absolute Gasteiger partial charge is 0.311 e. The predicted octanol–water partition coefficient (Wildman–Crippen LogP) is 4.93. The molecule has 4 aromatic rings. The van der Waals surface area contributed by atoms with Crippen molar-refractivity contribution < 1.29 is 14.5 Å². The van der Waals surface area contributed by atoms with Crippen molar-refractivity contribution in [3.05, 3.63) is 102 Å². The summed E-state index contributed by atoms with van der Waals surface area (Å²) in [7, 11) is 0. The van der Waals surface area contributed by atoms with Crippen LogP contribution in [0.15, 0.2) is 75.0 Å². The molecule has 0 aliphatic rings. The highest BCUT2D eigenvalue weighted by atomic mass is 79.9. The van der Waals surface area contributed by atoms with Crippen LogP contribution in [-0.2, 0) is 4.79 Å². The summed E-state index contributed by atoms with van der Waals surface area (Å²) in [6.45, 7) is 1.19. The van der Waals surface area contributed by atoms with Crippen LogP contribution in [0.3, 0.4) is 0 Å². The molecule has 4 rings (SSSR count). The zero-order valence-electron chi connectivity index (χ0n) is 18.6. The SMILES string of the molecule is Cc1nc2ccc(Br)cc2c(=O)n1N=Cc1ccc(OCC(=O)Nc2ccc(Cl)cc2)c([N+](=O)[O-])c1. The van der Waals surface area contributed by atoms with Gasteiger partial charge in [0.1, 0.15) is 5.82 Å². The van der Waals surface area contributed by atoms with Gasteiger partial charge in [-0.3, -0.25) is 19.7 Å². The average molecular weight is 571 g/mol. The minimum absolute atomic E-state index is 0.0889. The first-order valence-electron chi connectivity index (χ1n) is 10.4. The van der Waals surface area contributed by atoms with Crippen LogP contribution in [0.2, 0.25) is 5.02 Å². The molecular weight excluding hydrogens is 554 g/mol. The van der Waals surface area contributed by atoms with Crippen LogP contribution in [0.25, 0.3) is 10.9 Å². The van der Waals surface area contributed by atoms with Gasteiger partial charge in [-0.05, 0) is 61.5 Å². The van der Waals surface area contributed by atoms with Crippen molar-refractivity contribution in [1.29, 1.82) is 0 Å². The lowest BCUT2D eigenvalue weighted by Crippen LogP contribution is -2.20. The molecule has 36 heavy (non-hydrogen) atoms. The Labute approximate surface area is 217 Å². The molecule has 0 unspecified atom stereocenters. The number of nitrogens with one attached hydrogen (secondary N) is 1. The molecule has 0 saturated carbocycles. The number of aromatic nitrogens is 2. The van der Waals surface area contributed by atoms with Gasteiger partial charge >= 0.3 is 5.69 Å². The molecule has 0 radical (unpaired) electrons. The van der Waals surface area contributed by atoms with Crippen LogP contribution in [0.5, 0.6) is 5.75 Å². The Morgan fingerprint density at radius 1 is 1.22 bits per heavy atom. The zero-order chi connectivity index (χ0) is 25.8. The lowest BCUT2D eigenvalue weighted by atomic mass is 10.2. The van der Waals surface area contributed by atoms with Gasteiger partial charge in [-0.2, -0.15) is 9.78 Å². The molecule has 0 spiro atoms. The van der Waals surface area contributed by atoms with Gasteiger partial charge in [0.2, 0.25) is 0 Å². The van der Waals surface area contributed by atoms with E-state index in [1.807, 2.05) is 0 Å². The van der Waals surface area contributed by atoms with Gasteiger partial charge in [-0.1, -0.05) is 27.5 Å². The Morgan fingerprint density at radius 2 is 1.97 bits per heavy atom. The Morgan fingerprint density at radius 3 is 2.69 bits per heavy atom. The Kier molecular flexibility index (Phi) is 7.41. The Bertz CT molecular complexity index is 1570. The van der Waals surface area contributed by atoms with Crippen molar-refractivity contribution in [3.8, 4) is 5.75 Å². The van der Waals surface area contributed by atoms with E-state index in [1.54, 1.807) is 49.4 Å². The Hall–Kier alpha value is -4.09. The first-order valence-corrected chi connectivity index (χ1v) is 11.6. The number of nitrogens with zero attached hydrogens (tertiary/aromatic N) is 4. The number of anilines is 1. The number of hydrogen-bond acceptors (Lipinski definition) is 7. The van der Waals surface area contributed by atoms with E-state index in [1.165, 1.54) is 24.4 Å². The number of aryl methyl sites for hydroxylation is 1. The number of ether oxygens (including phenoxy) is 1. The summed E-state index contributed by atoms with van der Waals surface area (Å²) in [6, 6.07) is 15.7. The second-order valence-corrected chi connectivity index (χ2v) is 8.86. The van der Waals surface area contributed by atoms with Crippen molar-refractivity contribution in [2.75, 3.05) is 11.9 Å². The lowest BCUT2D eigenvalue weighted by Gasteiger charge is -2.09. The van der Waals surface area contributed by atoms with Crippen LogP contribution >= 0.6 is 27.5 Å². The molecule has 3 aromatic carbocycles. The summed E-state index contributed by atoms with van der Waals surface area (Å²) in [5.41, 5.74) is 0.652. The van der Waals surface area contributed by atoms with Crippen molar-refractivity contribution in [2.45, 2.75) is 6.92 Å². The van der Waals surface area contributed by atoms with E-state index in [-0.39, 0.29) is 17.0 Å². The van der Waals surface area contributed by atoms with E-state index in [2.05, 4.69) is 31.3 Å². The van der Waals surface area contributed by atoms with Gasteiger partial charge < -0.3 is 10.1 Å². The number of nitro benzene ring substituents is 1. The number of rotatable bonds is 7. The molecule has 10 nitrogen and oxygen atoms in total. The monoisotopic (exact) mass is 569 g/mol. The maximum atomic E-state index is 12.9. The molecular formula is C24H17BrClN5O5. The number of carbonyl (C=O) groups excluding carboxylic acids is 1. The molecule has 182 valence electrons. The molecule has 0 atom stereocenters. The highest BCUT2D eigenvalue weighted by molar-refractivity contribution is 9.10. The molecule has 1 amide bonds. The number of benzene rings is 3. The molecule has 0 fully saturated rings. The molecule has 1 N–H and O–H groups in total. The maximum Gasteiger partial charge on any atom is 0.311 e. The quantitative estimate of drug-likeness (QED) is 0.191. The minimum atomic E-state index is -0.629. The highest BCUT2D eigenvalue weighted by Gasteiger charge is 2.17. The van der Waals surface area contributed by atoms with Crippen LogP contribution < -0.4 is 15.6 Å². The number of fused-ring (bicyclic) bond motifs is 1. The molecule has 0 aliphatic carbocycles. The highest BCUT2D eigenvalue weighted by Crippen LogP contribution is 2.27. The molecule has 0 saturated heterocycles. The van der Waals surface area contributed by atoms with Crippen molar-refractivity contribution in [3.63, 3.8) is 0 Å². The van der Waals surface area contributed by atoms with Gasteiger partial charge in [0.15, 0.2) is 12.4 Å². The van der Waals surface area contributed by atoms with Crippen LogP contribution in [0.4, 0.5) is 11.4 Å². The molecule has 1 aromatic heterocycles. The number of nitro groups is 1. The summed E-state index contributed by atoms with van der Waals surface area (Å²) < 4.78 is 7.22. The second kappa shape index (κ2) is 10.7. The number of carbonyl (C=O) groups is 1. The maximum absolute atomic E-state index is 12.9. The van der Waals surface area contributed by atoms with E-state index < -0.39 is 17.4 Å². The largest absolute Gasteiger partial charge is 0.477 e. The first-order chi connectivity index (χ1) is 17.2. The minimum Gasteiger partial charge on any atom is -0.477 e. The van der Waals surface area contributed by atoms with Gasteiger partial charge in [0.05, 0.1) is 22.0 Å². The fourth-order valence-corrected chi connectivity index (χ4v) is 3.76. The fourth-order valence-electron chi connectivity index (χ4n) is 3.27.